The Labute approximate surface area is 282 Å². The van der Waals surface area contributed by atoms with Crippen LogP contribution in [0.1, 0.15) is 80.6 Å². The Kier molecular flexibility index (Phi) is 11.2. The maximum Gasteiger partial charge on any atom is 0.315 e. The van der Waals surface area contributed by atoms with Crippen molar-refractivity contribution in [3.05, 3.63) is 30.5 Å². The smallest absolute Gasteiger partial charge is 0.315 e. The molecule has 0 unspecified atom stereocenters. The molecule has 0 bridgehead atoms. The zero-order chi connectivity index (χ0) is 35.4. The average molecular weight is 667 g/mol. The Morgan fingerprint density at radius 2 is 1.73 bits per heavy atom. The number of carbonyl (C=O) groups is 5. The van der Waals surface area contributed by atoms with Crippen LogP contribution < -0.4 is 30.7 Å². The van der Waals surface area contributed by atoms with E-state index in [1.807, 2.05) is 66.7 Å². The molecule has 1 saturated carbocycles. The maximum atomic E-state index is 14.4. The van der Waals surface area contributed by atoms with Crippen molar-refractivity contribution in [2.45, 2.75) is 116 Å². The highest BCUT2D eigenvalue weighted by Gasteiger charge is 2.47. The fourth-order valence-corrected chi connectivity index (χ4v) is 5.67. The Morgan fingerprint density at radius 1 is 1.02 bits per heavy atom. The van der Waals surface area contributed by atoms with Crippen LogP contribution in [0, 0.1) is 5.41 Å². The number of urea groups is 1. The van der Waals surface area contributed by atoms with Gasteiger partial charge in [-0.1, -0.05) is 34.1 Å². The number of rotatable bonds is 12. The summed E-state index contributed by atoms with van der Waals surface area (Å²) in [4.78, 5) is 72.9. The average Bonchev–Trinajstić information content (AvgIpc) is 3.72. The van der Waals surface area contributed by atoms with E-state index in [1.54, 1.807) is 19.4 Å². The van der Waals surface area contributed by atoms with Crippen molar-refractivity contribution in [1.82, 2.24) is 31.2 Å². The molecule has 2 fully saturated rings. The van der Waals surface area contributed by atoms with E-state index in [0.29, 0.717) is 18.1 Å². The number of Topliss-reactive ketones (excluding diaryl/α,β-unsaturated/α-hetero) is 1. The van der Waals surface area contributed by atoms with Gasteiger partial charge < -0.3 is 35.6 Å². The summed E-state index contributed by atoms with van der Waals surface area (Å²) in [6.07, 6.45) is 3.50. The summed E-state index contributed by atoms with van der Waals surface area (Å²) in [5.41, 5.74) is -1.28. The number of nitrogens with one attached hydrogen (secondary N) is 4. The lowest BCUT2D eigenvalue weighted by molar-refractivity contribution is -0.144. The number of pyridine rings is 1. The first kappa shape index (κ1) is 36.4. The molecule has 4 rings (SSSR count). The molecule has 0 radical (unpaired) electrons. The number of ether oxygens (including phenoxy) is 2. The second-order valence-corrected chi connectivity index (χ2v) is 14.8. The molecule has 2 aromatic rings. The molecule has 13 heteroatoms. The Hall–Kier alpha value is -4.42. The van der Waals surface area contributed by atoms with E-state index >= 15 is 0 Å². The number of benzene rings is 1. The number of ketones is 1. The fraction of sp³-hybridized carbons (Fsp3) is 0.600. The predicted octanol–water partition coefficient (Wildman–Crippen LogP) is 3.24. The lowest BCUT2D eigenvalue weighted by atomic mass is 9.85. The van der Waals surface area contributed by atoms with E-state index in [9.17, 15) is 24.0 Å². The second kappa shape index (κ2) is 14.8. The van der Waals surface area contributed by atoms with E-state index in [4.69, 9.17) is 9.47 Å². The van der Waals surface area contributed by atoms with Crippen LogP contribution in [0.25, 0.3) is 10.8 Å². The van der Waals surface area contributed by atoms with Crippen molar-refractivity contribution in [2.24, 2.45) is 5.41 Å². The number of hydrogen-bond acceptors (Lipinski definition) is 8. The lowest BCUT2D eigenvalue weighted by Gasteiger charge is -2.36. The first-order valence-corrected chi connectivity index (χ1v) is 16.6. The van der Waals surface area contributed by atoms with Crippen molar-refractivity contribution < 1.29 is 33.4 Å². The molecule has 2 aliphatic rings. The molecule has 48 heavy (non-hydrogen) atoms. The van der Waals surface area contributed by atoms with Crippen LogP contribution in [-0.2, 0) is 19.2 Å². The molecule has 262 valence electrons. The minimum Gasteiger partial charge on any atom is -0.497 e. The Bertz CT molecular complexity index is 1530. The van der Waals surface area contributed by atoms with Gasteiger partial charge in [-0.15, -0.1) is 0 Å². The summed E-state index contributed by atoms with van der Waals surface area (Å²) in [5.74, 6) is -1.49. The molecule has 1 saturated heterocycles. The van der Waals surface area contributed by atoms with Gasteiger partial charge in [0.2, 0.25) is 23.5 Å². The van der Waals surface area contributed by atoms with Crippen LogP contribution in [0.2, 0.25) is 0 Å². The fourth-order valence-electron chi connectivity index (χ4n) is 5.67. The quantitative estimate of drug-likeness (QED) is 0.251. The van der Waals surface area contributed by atoms with Crippen LogP contribution in [0.4, 0.5) is 4.79 Å². The second-order valence-electron chi connectivity index (χ2n) is 14.8. The molecule has 13 nitrogen and oxygen atoms in total. The van der Waals surface area contributed by atoms with Crippen molar-refractivity contribution in [1.29, 1.82) is 0 Å². The van der Waals surface area contributed by atoms with Gasteiger partial charge in [0.05, 0.1) is 19.7 Å². The van der Waals surface area contributed by atoms with E-state index < -0.39 is 64.7 Å². The van der Waals surface area contributed by atoms with Crippen LogP contribution in [-0.4, -0.2) is 88.9 Å². The van der Waals surface area contributed by atoms with Gasteiger partial charge in [-0.2, -0.15) is 0 Å². The summed E-state index contributed by atoms with van der Waals surface area (Å²) in [6.45, 7) is 12.9. The van der Waals surface area contributed by atoms with Gasteiger partial charge in [0.25, 0.3) is 5.91 Å². The normalized spacial score (nSPS) is 19.2. The molecular weight excluding hydrogens is 616 g/mol. The largest absolute Gasteiger partial charge is 0.497 e. The van der Waals surface area contributed by atoms with Gasteiger partial charge in [-0.3, -0.25) is 19.2 Å². The highest BCUT2D eigenvalue weighted by atomic mass is 16.5. The Morgan fingerprint density at radius 3 is 2.33 bits per heavy atom. The standard InChI is InChI=1S/C35H50N6O7/c1-9-10-25(27(42)30(44)37-21-11-12-21)38-29(43)26-18-23(48-31-24-14-13-22(47-8)17-20(24)15-16-36-31)19-41(26)32(45)28(34(2,3)4)39-33(46)40-35(5,6)7/h13-17,21,23,25-26,28H,9-12,18-19H2,1-8H3,(H,37,44)(H,38,43)(H2,39,40,46)/t23-,25+,26+,28-/m1/s1. The predicted molar refractivity (Wildman–Crippen MR) is 181 cm³/mol. The van der Waals surface area contributed by atoms with Crippen LogP contribution in [0.3, 0.4) is 0 Å². The monoisotopic (exact) mass is 666 g/mol. The highest BCUT2D eigenvalue weighted by Crippen LogP contribution is 2.32. The van der Waals surface area contributed by atoms with E-state index in [1.165, 1.54) is 4.90 Å². The molecule has 1 aromatic heterocycles. The van der Waals surface area contributed by atoms with Crippen LogP contribution >= 0.6 is 0 Å². The molecule has 0 spiro atoms. The van der Waals surface area contributed by atoms with Crippen molar-refractivity contribution in [2.75, 3.05) is 13.7 Å². The molecular formula is C35H50N6O7. The Balaban J connectivity index is 1.63. The number of likely N-dealkylation sites (tertiary alicyclic amines) is 1. The number of fused-ring (bicyclic) bond motifs is 1. The minimum absolute atomic E-state index is 0.0126. The number of nitrogens with zero attached hydrogens (tertiary/aromatic N) is 2. The molecule has 1 aromatic carbocycles. The first-order chi connectivity index (χ1) is 22.5. The van der Waals surface area contributed by atoms with E-state index in [-0.39, 0.29) is 25.4 Å². The summed E-state index contributed by atoms with van der Waals surface area (Å²) >= 11 is 0. The van der Waals surface area contributed by atoms with Crippen molar-refractivity contribution >= 4 is 40.3 Å². The van der Waals surface area contributed by atoms with Gasteiger partial charge >= 0.3 is 6.03 Å². The van der Waals surface area contributed by atoms with Gasteiger partial charge in [0.1, 0.15) is 23.9 Å². The van der Waals surface area contributed by atoms with Gasteiger partial charge in [-0.05, 0) is 75.1 Å². The maximum absolute atomic E-state index is 14.4. The zero-order valence-corrected chi connectivity index (χ0v) is 29.3. The molecule has 1 aliphatic carbocycles. The number of methoxy groups -OCH3 is 1. The molecule has 1 aliphatic heterocycles. The summed E-state index contributed by atoms with van der Waals surface area (Å²) < 4.78 is 11.7. The SMILES string of the molecule is CCC[C@H](NC(=O)[C@@H]1C[C@@H](Oc2nccc3cc(OC)ccc23)CN1C(=O)[C@@H](NC(=O)NC(C)(C)C)C(C)(C)C)C(=O)C(=O)NC1CC1. The third kappa shape index (κ3) is 9.35. The minimum atomic E-state index is -1.05. The number of hydrogen-bond donors (Lipinski definition) is 4. The topological polar surface area (TPSA) is 168 Å². The van der Waals surface area contributed by atoms with Crippen LogP contribution in [0.15, 0.2) is 30.5 Å². The van der Waals surface area contributed by atoms with Gasteiger partial charge in [0.15, 0.2) is 0 Å². The number of carbonyl (C=O) groups excluding carboxylic acids is 5. The van der Waals surface area contributed by atoms with Crippen LogP contribution in [0.5, 0.6) is 11.6 Å². The first-order valence-electron chi connectivity index (χ1n) is 16.6. The molecule has 4 N–H and O–H groups in total. The third-order valence-corrected chi connectivity index (χ3v) is 8.29. The number of amides is 5. The van der Waals surface area contributed by atoms with Crippen molar-refractivity contribution in [3.63, 3.8) is 0 Å². The zero-order valence-electron chi connectivity index (χ0n) is 29.3. The summed E-state index contributed by atoms with van der Waals surface area (Å²) in [6, 6.07) is 3.68. The summed E-state index contributed by atoms with van der Waals surface area (Å²) in [5, 5.41) is 12.7. The van der Waals surface area contributed by atoms with E-state index in [2.05, 4.69) is 26.3 Å². The molecule has 4 atom stereocenters. The molecule has 5 amide bonds. The third-order valence-electron chi connectivity index (χ3n) is 8.29. The van der Waals surface area contributed by atoms with Crippen molar-refractivity contribution in [3.8, 4) is 11.6 Å². The number of aromatic nitrogens is 1. The lowest BCUT2D eigenvalue weighted by Crippen LogP contribution is -2.61. The summed E-state index contributed by atoms with van der Waals surface area (Å²) in [7, 11) is 1.58. The van der Waals surface area contributed by atoms with Gasteiger partial charge in [0, 0.05) is 29.6 Å². The van der Waals surface area contributed by atoms with Gasteiger partial charge in [-0.25, -0.2) is 9.78 Å². The highest BCUT2D eigenvalue weighted by molar-refractivity contribution is 6.38. The van der Waals surface area contributed by atoms with E-state index in [0.717, 1.165) is 23.6 Å². The molecule has 2 heterocycles.